The Kier molecular flexibility index (Phi) is 9.25. The summed E-state index contributed by atoms with van der Waals surface area (Å²) in [7, 11) is 0. The van der Waals surface area contributed by atoms with E-state index in [4.69, 9.17) is 0 Å². The van der Waals surface area contributed by atoms with Gasteiger partial charge in [0.15, 0.2) is 0 Å². The van der Waals surface area contributed by atoms with Gasteiger partial charge in [-0.3, -0.25) is 25.2 Å². The highest BCUT2D eigenvalue weighted by Crippen LogP contribution is 2.02. The molecule has 2 amide bonds. The van der Waals surface area contributed by atoms with Crippen LogP contribution in [-0.4, -0.2) is 24.4 Å². The van der Waals surface area contributed by atoms with Crippen molar-refractivity contribution in [3.8, 4) is 0 Å². The maximum atomic E-state index is 11.6. The fraction of sp³-hybridized carbons (Fsp3) is 0.400. The van der Waals surface area contributed by atoms with E-state index in [1.807, 2.05) is 20.8 Å². The summed E-state index contributed by atoms with van der Waals surface area (Å²) in [6.45, 7) is 7.76. The number of esters is 1. The van der Waals surface area contributed by atoms with Crippen molar-refractivity contribution >= 4 is 17.8 Å². The van der Waals surface area contributed by atoms with Crippen molar-refractivity contribution < 1.29 is 19.1 Å². The fourth-order valence-corrected chi connectivity index (χ4v) is 1.29. The highest BCUT2D eigenvalue weighted by atomic mass is 16.5. The Labute approximate surface area is 124 Å². The molecule has 0 aliphatic carbocycles. The normalized spacial score (nSPS) is 8.95. The molecule has 21 heavy (non-hydrogen) atoms. The fourth-order valence-electron chi connectivity index (χ4n) is 1.29. The van der Waals surface area contributed by atoms with Gasteiger partial charge in [-0.1, -0.05) is 31.5 Å². The summed E-state index contributed by atoms with van der Waals surface area (Å²) in [5.41, 5.74) is 5.81. The van der Waals surface area contributed by atoms with Gasteiger partial charge in [0.05, 0.1) is 6.61 Å². The first-order valence-electron chi connectivity index (χ1n) is 6.84. The van der Waals surface area contributed by atoms with Gasteiger partial charge >= 0.3 is 5.97 Å². The van der Waals surface area contributed by atoms with E-state index in [9.17, 15) is 14.4 Å². The number of ether oxygens (including phenoxy) is 1. The maximum absolute atomic E-state index is 11.6. The number of carbonyl (C=O) groups is 3. The third-order valence-electron chi connectivity index (χ3n) is 2.24. The summed E-state index contributed by atoms with van der Waals surface area (Å²) in [6, 6.07) is 6.86. The first-order chi connectivity index (χ1) is 10.0. The first kappa shape index (κ1) is 18.6. The molecular formula is C15H22N2O4. The number of rotatable bonds is 4. The van der Waals surface area contributed by atoms with E-state index in [0.29, 0.717) is 5.56 Å². The number of hydrogen-bond donors (Lipinski definition) is 2. The Bertz CT molecular complexity index is 469. The molecule has 0 heterocycles. The Morgan fingerprint density at radius 2 is 1.62 bits per heavy atom. The van der Waals surface area contributed by atoms with Crippen molar-refractivity contribution in [3.05, 3.63) is 35.4 Å². The zero-order valence-corrected chi connectivity index (χ0v) is 12.9. The van der Waals surface area contributed by atoms with E-state index in [1.165, 1.54) is 0 Å². The molecule has 0 aliphatic rings. The van der Waals surface area contributed by atoms with Crippen molar-refractivity contribution in [3.63, 3.8) is 0 Å². The molecular weight excluding hydrogens is 272 g/mol. The van der Waals surface area contributed by atoms with Gasteiger partial charge in [-0.2, -0.15) is 0 Å². The highest BCUT2D eigenvalue weighted by Gasteiger charge is 2.11. The Balaban J connectivity index is 0.00000191. The Hall–Kier alpha value is -2.37. The van der Waals surface area contributed by atoms with Crippen LogP contribution >= 0.6 is 0 Å². The van der Waals surface area contributed by atoms with Crippen molar-refractivity contribution in [1.82, 2.24) is 10.9 Å². The van der Waals surface area contributed by atoms with Crippen LogP contribution in [0.3, 0.4) is 0 Å². The van der Waals surface area contributed by atoms with Crippen LogP contribution in [0.2, 0.25) is 0 Å². The van der Waals surface area contributed by atoms with Crippen molar-refractivity contribution in [2.75, 3.05) is 6.61 Å². The zero-order valence-electron chi connectivity index (χ0n) is 12.9. The van der Waals surface area contributed by atoms with Gasteiger partial charge in [0.1, 0.15) is 6.42 Å². The lowest BCUT2D eigenvalue weighted by Gasteiger charge is -2.07. The van der Waals surface area contributed by atoms with Crippen LogP contribution in [0.25, 0.3) is 0 Å². The average Bonchev–Trinajstić information content (AvgIpc) is 2.48. The zero-order chi connectivity index (χ0) is 16.3. The molecule has 0 bridgehead atoms. The molecule has 6 nitrogen and oxygen atoms in total. The van der Waals surface area contributed by atoms with E-state index in [-0.39, 0.29) is 6.61 Å². The molecule has 0 spiro atoms. The molecule has 0 saturated carbocycles. The minimum absolute atomic E-state index is 0.210. The van der Waals surface area contributed by atoms with Crippen molar-refractivity contribution in [1.29, 1.82) is 0 Å². The molecule has 116 valence electrons. The summed E-state index contributed by atoms with van der Waals surface area (Å²) in [5.74, 6) is -1.71. The second-order valence-electron chi connectivity index (χ2n) is 3.85. The molecule has 0 aromatic heterocycles. The second-order valence-corrected chi connectivity index (χ2v) is 3.85. The molecule has 1 aromatic rings. The number of benzene rings is 1. The summed E-state index contributed by atoms with van der Waals surface area (Å²) < 4.78 is 4.60. The van der Waals surface area contributed by atoms with E-state index in [2.05, 4.69) is 15.6 Å². The van der Waals surface area contributed by atoms with Crippen molar-refractivity contribution in [2.24, 2.45) is 0 Å². The quantitative estimate of drug-likeness (QED) is 0.503. The van der Waals surface area contributed by atoms with Crippen LogP contribution in [0.4, 0.5) is 0 Å². The summed E-state index contributed by atoms with van der Waals surface area (Å²) in [6.07, 6.45) is -0.429. The number of nitrogens with one attached hydrogen (secondary N) is 2. The standard InChI is InChI=1S/C13H16N2O4.C2H6/c1-3-19-12(17)8-11(16)14-15-13(18)10-6-4-9(2)5-7-10;1-2/h4-7H,3,8H2,1-2H3,(H,14,16)(H,15,18);1-2H3. The molecule has 1 rings (SSSR count). The van der Waals surface area contributed by atoms with Gasteiger partial charge in [0, 0.05) is 5.56 Å². The largest absolute Gasteiger partial charge is 0.466 e. The predicted molar refractivity (Wildman–Crippen MR) is 79.4 cm³/mol. The molecule has 0 unspecified atom stereocenters. The van der Waals surface area contributed by atoms with Gasteiger partial charge in [-0.25, -0.2) is 0 Å². The SMILES string of the molecule is CC.CCOC(=O)CC(=O)NNC(=O)c1ccc(C)cc1. The van der Waals surface area contributed by atoms with E-state index in [0.717, 1.165) is 5.56 Å². The molecule has 0 aliphatic heterocycles. The van der Waals surface area contributed by atoms with Gasteiger partial charge < -0.3 is 4.74 Å². The monoisotopic (exact) mass is 294 g/mol. The molecule has 0 radical (unpaired) electrons. The van der Waals surface area contributed by atoms with Crippen LogP contribution in [-0.2, 0) is 14.3 Å². The van der Waals surface area contributed by atoms with Crippen LogP contribution < -0.4 is 10.9 Å². The Morgan fingerprint density at radius 1 is 1.05 bits per heavy atom. The summed E-state index contributed by atoms with van der Waals surface area (Å²) in [4.78, 5) is 33.9. The molecule has 0 atom stereocenters. The lowest BCUT2D eigenvalue weighted by atomic mass is 10.1. The summed E-state index contributed by atoms with van der Waals surface area (Å²) in [5, 5.41) is 0. The molecule has 6 heteroatoms. The van der Waals surface area contributed by atoms with Gasteiger partial charge in [0.2, 0.25) is 5.91 Å². The van der Waals surface area contributed by atoms with E-state index < -0.39 is 24.2 Å². The predicted octanol–water partition coefficient (Wildman–Crippen LogP) is 1.74. The average molecular weight is 294 g/mol. The van der Waals surface area contributed by atoms with Crippen LogP contribution in [0, 0.1) is 6.92 Å². The molecule has 1 aromatic carbocycles. The van der Waals surface area contributed by atoms with E-state index >= 15 is 0 Å². The van der Waals surface area contributed by atoms with Crippen LogP contribution in [0.5, 0.6) is 0 Å². The third kappa shape index (κ3) is 7.71. The van der Waals surface area contributed by atoms with Crippen molar-refractivity contribution in [2.45, 2.75) is 34.1 Å². The van der Waals surface area contributed by atoms with Crippen LogP contribution in [0.15, 0.2) is 24.3 Å². The minimum Gasteiger partial charge on any atom is -0.466 e. The lowest BCUT2D eigenvalue weighted by molar-refractivity contribution is -0.146. The summed E-state index contributed by atoms with van der Waals surface area (Å²) >= 11 is 0. The lowest BCUT2D eigenvalue weighted by Crippen LogP contribution is -2.42. The maximum Gasteiger partial charge on any atom is 0.315 e. The number of aryl methyl sites for hydroxylation is 1. The molecule has 0 saturated heterocycles. The minimum atomic E-state index is -0.635. The highest BCUT2D eigenvalue weighted by molar-refractivity contribution is 5.98. The third-order valence-corrected chi connectivity index (χ3v) is 2.24. The first-order valence-corrected chi connectivity index (χ1v) is 6.84. The van der Waals surface area contributed by atoms with E-state index in [1.54, 1.807) is 31.2 Å². The smallest absolute Gasteiger partial charge is 0.315 e. The Morgan fingerprint density at radius 3 is 2.14 bits per heavy atom. The van der Waals surface area contributed by atoms with Gasteiger partial charge in [-0.15, -0.1) is 0 Å². The molecule has 2 N–H and O–H groups in total. The van der Waals surface area contributed by atoms with Crippen LogP contribution in [0.1, 0.15) is 43.1 Å². The van der Waals surface area contributed by atoms with Gasteiger partial charge in [0.25, 0.3) is 5.91 Å². The molecule has 0 fully saturated rings. The number of hydrazine groups is 1. The number of hydrogen-bond acceptors (Lipinski definition) is 4. The number of amides is 2. The topological polar surface area (TPSA) is 84.5 Å². The second kappa shape index (κ2) is 10.4. The number of carbonyl (C=O) groups excluding carboxylic acids is 3. The van der Waals surface area contributed by atoms with Gasteiger partial charge in [-0.05, 0) is 26.0 Å².